The van der Waals surface area contributed by atoms with E-state index in [0.29, 0.717) is 12.5 Å². The predicted molar refractivity (Wildman–Crippen MR) is 75.7 cm³/mol. The van der Waals surface area contributed by atoms with Crippen molar-refractivity contribution in [2.75, 3.05) is 13.7 Å². The van der Waals surface area contributed by atoms with Crippen molar-refractivity contribution in [2.45, 2.75) is 57.8 Å². The number of esters is 1. The summed E-state index contributed by atoms with van der Waals surface area (Å²) in [5, 5.41) is 2.63. The van der Waals surface area contributed by atoms with E-state index in [2.05, 4.69) is 10.1 Å². The number of ether oxygens (including phenoxy) is 3. The molecule has 2 aliphatic rings. The Morgan fingerprint density at radius 2 is 2.05 bits per heavy atom. The molecular formula is C15H25NO5. The van der Waals surface area contributed by atoms with Crippen LogP contribution in [0.4, 0.5) is 4.79 Å². The highest BCUT2D eigenvalue weighted by Crippen LogP contribution is 2.41. The standard InChI is InChI=1S/C15H25NO5/c1-4-20-14(17)13(16-15(18)19-3)11-7-9(2)21-12(8-11)10-5-6-10/h9-13H,4-8H2,1-3H3,(H,16,18)/t9-,11+,12+,13-/m0/s1. The molecule has 1 amide bonds. The Kier molecular flexibility index (Phi) is 5.45. The highest BCUT2D eigenvalue weighted by molar-refractivity contribution is 5.81. The maximum absolute atomic E-state index is 12.2. The second-order valence-electron chi connectivity index (χ2n) is 5.92. The van der Waals surface area contributed by atoms with Crippen LogP contribution >= 0.6 is 0 Å². The zero-order valence-corrected chi connectivity index (χ0v) is 13.0. The van der Waals surface area contributed by atoms with E-state index in [1.54, 1.807) is 6.92 Å². The zero-order valence-electron chi connectivity index (χ0n) is 13.0. The molecule has 1 saturated carbocycles. The van der Waals surface area contributed by atoms with Crippen molar-refractivity contribution in [2.24, 2.45) is 11.8 Å². The molecule has 0 spiro atoms. The first-order valence-electron chi connectivity index (χ1n) is 7.71. The first-order valence-corrected chi connectivity index (χ1v) is 7.71. The number of carbonyl (C=O) groups excluding carboxylic acids is 2. The van der Waals surface area contributed by atoms with Crippen molar-refractivity contribution >= 4 is 12.1 Å². The first kappa shape index (κ1) is 16.1. The number of amides is 1. The number of alkyl carbamates (subject to hydrolysis) is 1. The molecule has 6 heteroatoms. The topological polar surface area (TPSA) is 73.9 Å². The molecule has 0 aromatic heterocycles. The minimum absolute atomic E-state index is 0.0255. The van der Waals surface area contributed by atoms with E-state index in [1.807, 2.05) is 6.92 Å². The van der Waals surface area contributed by atoms with Gasteiger partial charge in [-0.05, 0) is 51.4 Å². The second-order valence-corrected chi connectivity index (χ2v) is 5.92. The Morgan fingerprint density at radius 1 is 1.33 bits per heavy atom. The molecule has 6 nitrogen and oxygen atoms in total. The van der Waals surface area contributed by atoms with E-state index >= 15 is 0 Å². The average Bonchev–Trinajstić information content (AvgIpc) is 3.28. The van der Waals surface area contributed by atoms with Gasteiger partial charge in [-0.25, -0.2) is 9.59 Å². The third-order valence-electron chi connectivity index (χ3n) is 4.20. The minimum Gasteiger partial charge on any atom is -0.464 e. The third kappa shape index (κ3) is 4.33. The molecule has 120 valence electrons. The van der Waals surface area contributed by atoms with Crippen LogP contribution in [0.2, 0.25) is 0 Å². The monoisotopic (exact) mass is 299 g/mol. The maximum atomic E-state index is 12.2. The van der Waals surface area contributed by atoms with Crippen LogP contribution in [0.1, 0.15) is 39.5 Å². The predicted octanol–water partition coefficient (Wildman–Crippen LogP) is 1.87. The molecule has 1 aliphatic heterocycles. The normalized spacial score (nSPS) is 30.3. The molecule has 1 N–H and O–H groups in total. The molecule has 1 aliphatic carbocycles. The summed E-state index contributed by atoms with van der Waals surface area (Å²) in [6, 6.07) is -0.662. The molecule has 2 fully saturated rings. The largest absolute Gasteiger partial charge is 0.464 e. The summed E-state index contributed by atoms with van der Waals surface area (Å²) in [4.78, 5) is 23.7. The highest BCUT2D eigenvalue weighted by Gasteiger charge is 2.42. The van der Waals surface area contributed by atoms with Crippen molar-refractivity contribution in [3.05, 3.63) is 0 Å². The Hall–Kier alpha value is -1.30. The van der Waals surface area contributed by atoms with Gasteiger partial charge in [0.1, 0.15) is 6.04 Å². The van der Waals surface area contributed by atoms with E-state index in [9.17, 15) is 9.59 Å². The van der Waals surface area contributed by atoms with Crippen LogP contribution in [-0.2, 0) is 19.0 Å². The summed E-state index contributed by atoms with van der Waals surface area (Å²) in [6.45, 7) is 4.07. The molecule has 0 bridgehead atoms. The molecule has 1 saturated heterocycles. The fourth-order valence-corrected chi connectivity index (χ4v) is 3.06. The smallest absolute Gasteiger partial charge is 0.407 e. The fraction of sp³-hybridized carbons (Fsp3) is 0.867. The number of methoxy groups -OCH3 is 1. The summed E-state index contributed by atoms with van der Waals surface area (Å²) in [5.74, 6) is 0.241. The van der Waals surface area contributed by atoms with Crippen LogP contribution in [-0.4, -0.2) is 44.0 Å². The lowest BCUT2D eigenvalue weighted by Crippen LogP contribution is -2.50. The van der Waals surface area contributed by atoms with Crippen LogP contribution in [0.5, 0.6) is 0 Å². The zero-order chi connectivity index (χ0) is 15.4. The average molecular weight is 299 g/mol. The Labute approximate surface area is 125 Å². The summed E-state index contributed by atoms with van der Waals surface area (Å²) in [6.07, 6.45) is 3.58. The van der Waals surface area contributed by atoms with Crippen molar-refractivity contribution in [1.29, 1.82) is 0 Å². The lowest BCUT2D eigenvalue weighted by atomic mass is 9.84. The lowest BCUT2D eigenvalue weighted by Gasteiger charge is -2.37. The summed E-state index contributed by atoms with van der Waals surface area (Å²) in [7, 11) is 1.29. The summed E-state index contributed by atoms with van der Waals surface area (Å²) >= 11 is 0. The van der Waals surface area contributed by atoms with E-state index in [4.69, 9.17) is 9.47 Å². The van der Waals surface area contributed by atoms with E-state index in [1.165, 1.54) is 20.0 Å². The van der Waals surface area contributed by atoms with E-state index in [0.717, 1.165) is 12.8 Å². The van der Waals surface area contributed by atoms with Crippen molar-refractivity contribution in [1.82, 2.24) is 5.32 Å². The number of rotatable bonds is 5. The Morgan fingerprint density at radius 3 is 2.62 bits per heavy atom. The SMILES string of the molecule is CCOC(=O)[C@@H](NC(=O)OC)[C@@H]1C[C@H](C)O[C@@H](C2CC2)C1. The van der Waals surface area contributed by atoms with Crippen LogP contribution in [0.15, 0.2) is 0 Å². The van der Waals surface area contributed by atoms with Crippen LogP contribution in [0.25, 0.3) is 0 Å². The van der Waals surface area contributed by atoms with Crippen molar-refractivity contribution in [3.8, 4) is 0 Å². The fourth-order valence-electron chi connectivity index (χ4n) is 3.06. The molecule has 0 unspecified atom stereocenters. The molecule has 1 heterocycles. The van der Waals surface area contributed by atoms with Crippen LogP contribution in [0, 0.1) is 11.8 Å². The van der Waals surface area contributed by atoms with Gasteiger partial charge in [-0.15, -0.1) is 0 Å². The Balaban J connectivity index is 2.05. The number of hydrogen-bond acceptors (Lipinski definition) is 5. The van der Waals surface area contributed by atoms with Crippen molar-refractivity contribution in [3.63, 3.8) is 0 Å². The van der Waals surface area contributed by atoms with E-state index < -0.39 is 18.1 Å². The van der Waals surface area contributed by atoms with Crippen molar-refractivity contribution < 1.29 is 23.8 Å². The summed E-state index contributed by atoms with van der Waals surface area (Å²) in [5.41, 5.74) is 0. The van der Waals surface area contributed by atoms with E-state index in [-0.39, 0.29) is 18.1 Å². The number of hydrogen-bond donors (Lipinski definition) is 1. The molecule has 4 atom stereocenters. The van der Waals surface area contributed by atoms with Gasteiger partial charge in [0, 0.05) is 0 Å². The van der Waals surface area contributed by atoms with Gasteiger partial charge in [0.2, 0.25) is 0 Å². The van der Waals surface area contributed by atoms with Crippen LogP contribution < -0.4 is 5.32 Å². The third-order valence-corrected chi connectivity index (χ3v) is 4.20. The number of nitrogens with one attached hydrogen (secondary N) is 1. The number of carbonyl (C=O) groups is 2. The molecule has 0 aromatic carbocycles. The van der Waals surface area contributed by atoms with Gasteiger partial charge in [0.05, 0.1) is 25.9 Å². The maximum Gasteiger partial charge on any atom is 0.407 e. The molecule has 21 heavy (non-hydrogen) atoms. The molecule has 2 rings (SSSR count). The minimum atomic E-state index is -0.662. The van der Waals surface area contributed by atoms with Gasteiger partial charge in [-0.3, -0.25) is 0 Å². The van der Waals surface area contributed by atoms with Gasteiger partial charge >= 0.3 is 12.1 Å². The Bertz CT molecular complexity index is 382. The van der Waals surface area contributed by atoms with Gasteiger partial charge in [-0.1, -0.05) is 0 Å². The highest BCUT2D eigenvalue weighted by atomic mass is 16.5. The van der Waals surface area contributed by atoms with Gasteiger partial charge in [0.15, 0.2) is 0 Å². The lowest BCUT2D eigenvalue weighted by molar-refractivity contribution is -0.150. The molecule has 0 aromatic rings. The van der Waals surface area contributed by atoms with Gasteiger partial charge in [0.25, 0.3) is 0 Å². The second kappa shape index (κ2) is 7.11. The van der Waals surface area contributed by atoms with Crippen LogP contribution in [0.3, 0.4) is 0 Å². The first-order chi connectivity index (χ1) is 10.0. The summed E-state index contributed by atoms with van der Waals surface area (Å²) < 4.78 is 15.7. The van der Waals surface area contributed by atoms with Gasteiger partial charge in [-0.2, -0.15) is 0 Å². The quantitative estimate of drug-likeness (QED) is 0.784. The van der Waals surface area contributed by atoms with Gasteiger partial charge < -0.3 is 19.5 Å². The molecular weight excluding hydrogens is 274 g/mol. The molecule has 0 radical (unpaired) electrons.